The molecule has 19 heavy (non-hydrogen) atoms. The Balaban J connectivity index is 1.90. The van der Waals surface area contributed by atoms with Crippen molar-refractivity contribution in [3.8, 4) is 0 Å². The van der Waals surface area contributed by atoms with Gasteiger partial charge in [-0.2, -0.15) is 0 Å². The number of carbonyl (C=O) groups excluding carboxylic acids is 1. The van der Waals surface area contributed by atoms with Crippen LogP contribution < -0.4 is 5.43 Å². The van der Waals surface area contributed by atoms with Gasteiger partial charge in [0.15, 0.2) is 0 Å². The van der Waals surface area contributed by atoms with Crippen molar-refractivity contribution in [3.63, 3.8) is 0 Å². The Labute approximate surface area is 121 Å². The average molecular weight is 295 g/mol. The van der Waals surface area contributed by atoms with E-state index in [2.05, 4.69) is 5.43 Å². The standard InChI is InChI=1S/C14H15ClN2OS/c1-10-3-4-11(2)17(10)16-14(18)9-19-13-7-5-12(15)6-8-13/h3-8H,9H2,1-2H3,(H,16,18). The van der Waals surface area contributed by atoms with E-state index in [9.17, 15) is 4.79 Å². The van der Waals surface area contributed by atoms with E-state index in [-0.39, 0.29) is 5.91 Å². The molecule has 1 N–H and O–H groups in total. The van der Waals surface area contributed by atoms with Gasteiger partial charge in [-0.15, -0.1) is 11.8 Å². The molecule has 0 aliphatic carbocycles. The lowest BCUT2D eigenvalue weighted by atomic mass is 10.4. The van der Waals surface area contributed by atoms with Gasteiger partial charge in [-0.05, 0) is 50.2 Å². The smallest absolute Gasteiger partial charge is 0.249 e. The highest BCUT2D eigenvalue weighted by Gasteiger charge is 2.06. The number of benzene rings is 1. The first kappa shape index (κ1) is 14.0. The second-order valence-corrected chi connectivity index (χ2v) is 5.71. The largest absolute Gasteiger partial charge is 0.272 e. The monoisotopic (exact) mass is 294 g/mol. The highest BCUT2D eigenvalue weighted by molar-refractivity contribution is 8.00. The van der Waals surface area contributed by atoms with Crippen molar-refractivity contribution in [1.82, 2.24) is 4.68 Å². The molecule has 2 rings (SSSR count). The Hall–Kier alpha value is -1.39. The summed E-state index contributed by atoms with van der Waals surface area (Å²) >= 11 is 7.30. The zero-order chi connectivity index (χ0) is 13.8. The molecule has 0 saturated heterocycles. The third-order valence-corrected chi connectivity index (χ3v) is 3.96. The first-order chi connectivity index (χ1) is 9.06. The van der Waals surface area contributed by atoms with Gasteiger partial charge in [0.2, 0.25) is 5.91 Å². The van der Waals surface area contributed by atoms with Crippen LogP contribution in [0.4, 0.5) is 0 Å². The zero-order valence-electron chi connectivity index (χ0n) is 10.8. The number of halogens is 1. The van der Waals surface area contributed by atoms with Crippen molar-refractivity contribution in [2.75, 3.05) is 11.2 Å². The van der Waals surface area contributed by atoms with Gasteiger partial charge in [-0.3, -0.25) is 14.9 Å². The fourth-order valence-corrected chi connectivity index (χ4v) is 2.50. The minimum absolute atomic E-state index is 0.0256. The molecule has 0 radical (unpaired) electrons. The van der Waals surface area contributed by atoms with Crippen molar-refractivity contribution in [3.05, 3.63) is 52.8 Å². The summed E-state index contributed by atoms with van der Waals surface area (Å²) in [4.78, 5) is 12.9. The Morgan fingerprint density at radius 3 is 2.32 bits per heavy atom. The lowest BCUT2D eigenvalue weighted by molar-refractivity contribution is -0.114. The van der Waals surface area contributed by atoms with Crippen LogP contribution in [0.25, 0.3) is 0 Å². The Morgan fingerprint density at radius 1 is 1.16 bits per heavy atom. The molecule has 1 heterocycles. The number of rotatable bonds is 4. The van der Waals surface area contributed by atoms with Gasteiger partial charge in [0.25, 0.3) is 0 Å². The Kier molecular flexibility index (Phi) is 4.56. The summed E-state index contributed by atoms with van der Waals surface area (Å²) in [6.07, 6.45) is 0. The highest BCUT2D eigenvalue weighted by atomic mass is 35.5. The summed E-state index contributed by atoms with van der Waals surface area (Å²) in [6.45, 7) is 3.92. The minimum Gasteiger partial charge on any atom is -0.272 e. The normalized spacial score (nSPS) is 10.5. The van der Waals surface area contributed by atoms with E-state index in [1.165, 1.54) is 11.8 Å². The van der Waals surface area contributed by atoms with Crippen LogP contribution in [0.5, 0.6) is 0 Å². The van der Waals surface area contributed by atoms with Crippen molar-refractivity contribution < 1.29 is 4.79 Å². The third-order valence-electron chi connectivity index (χ3n) is 2.69. The number of nitrogens with zero attached hydrogens (tertiary/aromatic N) is 1. The average Bonchev–Trinajstić information content (AvgIpc) is 2.70. The molecular weight excluding hydrogens is 280 g/mol. The summed E-state index contributed by atoms with van der Waals surface area (Å²) in [5, 5.41) is 0.701. The predicted octanol–water partition coefficient (Wildman–Crippen LogP) is 3.62. The molecule has 1 amide bonds. The molecule has 5 heteroatoms. The van der Waals surface area contributed by atoms with Crippen LogP contribution in [-0.2, 0) is 4.79 Å². The molecule has 0 unspecified atom stereocenters. The van der Waals surface area contributed by atoms with Crippen LogP contribution in [-0.4, -0.2) is 16.3 Å². The molecule has 1 aromatic heterocycles. The van der Waals surface area contributed by atoms with Crippen LogP contribution in [0.3, 0.4) is 0 Å². The topological polar surface area (TPSA) is 34.0 Å². The van der Waals surface area contributed by atoms with Crippen molar-refractivity contribution in [2.45, 2.75) is 18.7 Å². The maximum atomic E-state index is 11.9. The summed E-state index contributed by atoms with van der Waals surface area (Å²) < 4.78 is 1.80. The molecule has 1 aromatic carbocycles. The molecule has 3 nitrogen and oxygen atoms in total. The lowest BCUT2D eigenvalue weighted by Gasteiger charge is -2.11. The summed E-state index contributed by atoms with van der Waals surface area (Å²) in [7, 11) is 0. The maximum absolute atomic E-state index is 11.9. The Morgan fingerprint density at radius 2 is 1.74 bits per heavy atom. The quantitative estimate of drug-likeness (QED) is 0.874. The first-order valence-electron chi connectivity index (χ1n) is 5.89. The molecule has 2 aromatic rings. The third kappa shape index (κ3) is 3.78. The number of hydrogen-bond donors (Lipinski definition) is 1. The number of aryl methyl sites for hydroxylation is 2. The molecule has 0 aliphatic heterocycles. The fourth-order valence-electron chi connectivity index (χ4n) is 1.68. The number of hydrogen-bond acceptors (Lipinski definition) is 2. The Bertz CT molecular complexity index is 558. The molecular formula is C14H15ClN2OS. The van der Waals surface area contributed by atoms with E-state index in [0.29, 0.717) is 10.8 Å². The maximum Gasteiger partial charge on any atom is 0.249 e. The van der Waals surface area contributed by atoms with E-state index >= 15 is 0 Å². The lowest BCUT2D eigenvalue weighted by Crippen LogP contribution is -2.26. The second kappa shape index (κ2) is 6.17. The van der Waals surface area contributed by atoms with Crippen molar-refractivity contribution >= 4 is 29.3 Å². The molecule has 0 spiro atoms. The molecule has 0 bridgehead atoms. The van der Waals surface area contributed by atoms with Gasteiger partial charge >= 0.3 is 0 Å². The number of amides is 1. The predicted molar refractivity (Wildman–Crippen MR) is 80.4 cm³/mol. The van der Waals surface area contributed by atoms with E-state index in [4.69, 9.17) is 11.6 Å². The molecule has 0 fully saturated rings. The van der Waals surface area contributed by atoms with Gasteiger partial charge < -0.3 is 0 Å². The van der Waals surface area contributed by atoms with Crippen molar-refractivity contribution in [1.29, 1.82) is 0 Å². The van der Waals surface area contributed by atoms with E-state index in [1.54, 1.807) is 4.68 Å². The summed E-state index contributed by atoms with van der Waals surface area (Å²) in [6, 6.07) is 11.4. The van der Waals surface area contributed by atoms with Crippen LogP contribution in [0.15, 0.2) is 41.3 Å². The number of carbonyl (C=O) groups is 1. The molecule has 0 atom stereocenters. The molecule has 100 valence electrons. The number of thioether (sulfide) groups is 1. The van der Waals surface area contributed by atoms with Gasteiger partial charge in [-0.1, -0.05) is 11.6 Å². The van der Waals surface area contributed by atoms with Crippen molar-refractivity contribution in [2.24, 2.45) is 0 Å². The van der Waals surface area contributed by atoms with Crippen LogP contribution in [0.2, 0.25) is 5.02 Å². The summed E-state index contributed by atoms with van der Waals surface area (Å²) in [5.74, 6) is 0.348. The van der Waals surface area contributed by atoms with Gasteiger partial charge in [0.1, 0.15) is 0 Å². The number of aromatic nitrogens is 1. The van der Waals surface area contributed by atoms with Gasteiger partial charge in [0.05, 0.1) is 5.75 Å². The first-order valence-corrected chi connectivity index (χ1v) is 7.26. The van der Waals surface area contributed by atoms with Gasteiger partial charge in [-0.25, -0.2) is 0 Å². The van der Waals surface area contributed by atoms with Crippen LogP contribution in [0.1, 0.15) is 11.4 Å². The molecule has 0 aliphatic rings. The molecule has 0 saturated carbocycles. The number of nitrogens with one attached hydrogen (secondary N) is 1. The van der Waals surface area contributed by atoms with Crippen LogP contribution >= 0.6 is 23.4 Å². The SMILES string of the molecule is Cc1ccc(C)n1NC(=O)CSc1ccc(Cl)cc1. The van der Waals surface area contributed by atoms with E-state index < -0.39 is 0 Å². The van der Waals surface area contributed by atoms with Gasteiger partial charge in [0, 0.05) is 21.3 Å². The minimum atomic E-state index is -0.0256. The van der Waals surface area contributed by atoms with E-state index in [0.717, 1.165) is 16.3 Å². The second-order valence-electron chi connectivity index (χ2n) is 4.23. The van der Waals surface area contributed by atoms with Crippen LogP contribution in [0, 0.1) is 13.8 Å². The summed E-state index contributed by atoms with van der Waals surface area (Å²) in [5.41, 5.74) is 4.90. The fraction of sp³-hybridized carbons (Fsp3) is 0.214. The van der Waals surface area contributed by atoms with E-state index in [1.807, 2.05) is 50.2 Å². The zero-order valence-corrected chi connectivity index (χ0v) is 12.4. The highest BCUT2D eigenvalue weighted by Crippen LogP contribution is 2.20.